The van der Waals surface area contributed by atoms with E-state index in [1.807, 2.05) is 27.7 Å². The van der Waals surface area contributed by atoms with Crippen LogP contribution in [0.25, 0.3) is 0 Å². The first kappa shape index (κ1) is 22.1. The normalized spacial score (nSPS) is 26.7. The summed E-state index contributed by atoms with van der Waals surface area (Å²) >= 11 is 0. The van der Waals surface area contributed by atoms with Gasteiger partial charge in [-0.15, -0.1) is 0 Å². The Balaban J connectivity index is 2.05. The molecule has 5 heteroatoms. The van der Waals surface area contributed by atoms with Crippen LogP contribution in [-0.2, 0) is 14.3 Å². The zero-order chi connectivity index (χ0) is 20.5. The van der Waals surface area contributed by atoms with E-state index in [0.717, 1.165) is 30.4 Å². The van der Waals surface area contributed by atoms with Gasteiger partial charge in [0, 0.05) is 0 Å². The monoisotopic (exact) mass is 394 g/mol. The van der Waals surface area contributed by atoms with Gasteiger partial charge in [0.15, 0.2) is 0 Å². The van der Waals surface area contributed by atoms with Gasteiger partial charge in [-0.1, -0.05) is 36.8 Å². The van der Waals surface area contributed by atoms with Crippen LogP contribution < -0.4 is 0 Å². The fraction of sp³-hybridized carbons (Fsp3) is 0.636. The lowest BCUT2D eigenvalue weighted by atomic mass is 9.59. The smallest absolute Gasteiger partial charge is 0.296 e. The summed E-state index contributed by atoms with van der Waals surface area (Å²) in [4.78, 5) is 0.195. The average Bonchev–Trinajstić information content (AvgIpc) is 2.53. The minimum Gasteiger partial charge on any atom is -0.390 e. The minimum absolute atomic E-state index is 0.0730. The van der Waals surface area contributed by atoms with Crippen molar-refractivity contribution in [1.29, 1.82) is 0 Å². The minimum atomic E-state index is -3.74. The molecule has 27 heavy (non-hydrogen) atoms. The van der Waals surface area contributed by atoms with Crippen molar-refractivity contribution in [2.75, 3.05) is 6.61 Å². The van der Waals surface area contributed by atoms with Gasteiger partial charge in [-0.25, -0.2) is 0 Å². The SMILES string of the molecule is C=C(C)[C@@H]1C[C@H](C(C)(C)O)CC[C@]1(C)CCOS(=O)(=O)c1ccc(C)cc1. The van der Waals surface area contributed by atoms with E-state index in [1.165, 1.54) is 0 Å². The maximum Gasteiger partial charge on any atom is 0.296 e. The van der Waals surface area contributed by atoms with E-state index in [4.69, 9.17) is 4.18 Å². The number of rotatable bonds is 7. The highest BCUT2D eigenvalue weighted by Crippen LogP contribution is 2.50. The van der Waals surface area contributed by atoms with Gasteiger partial charge in [0.1, 0.15) is 0 Å². The molecule has 152 valence electrons. The van der Waals surface area contributed by atoms with Crippen molar-refractivity contribution in [1.82, 2.24) is 0 Å². The van der Waals surface area contributed by atoms with E-state index >= 15 is 0 Å². The van der Waals surface area contributed by atoms with Gasteiger partial charge in [0.25, 0.3) is 10.1 Å². The quantitative estimate of drug-likeness (QED) is 0.530. The molecule has 1 N–H and O–H groups in total. The molecule has 1 fully saturated rings. The molecule has 1 aromatic rings. The highest BCUT2D eigenvalue weighted by atomic mass is 32.2. The second-order valence-corrected chi connectivity index (χ2v) is 10.6. The summed E-state index contributed by atoms with van der Waals surface area (Å²) in [6, 6.07) is 6.70. The molecule has 0 radical (unpaired) electrons. The first-order chi connectivity index (χ1) is 12.3. The molecule has 1 aliphatic rings. The van der Waals surface area contributed by atoms with Crippen LogP contribution in [0, 0.1) is 24.2 Å². The van der Waals surface area contributed by atoms with Gasteiger partial charge in [0.2, 0.25) is 0 Å². The third-order valence-electron chi connectivity index (χ3n) is 6.24. The number of hydrogen-bond donors (Lipinski definition) is 1. The lowest BCUT2D eigenvalue weighted by molar-refractivity contribution is -0.0376. The molecule has 1 saturated carbocycles. The predicted octanol–water partition coefficient (Wildman–Crippen LogP) is 4.86. The standard InChI is InChI=1S/C22H34O4S/c1-16(2)20-15-18(21(4,5)23)11-12-22(20,6)13-14-26-27(24,25)19-9-7-17(3)8-10-19/h7-10,18,20,23H,1,11-15H2,2-6H3/t18-,20+,22-/m1/s1. The van der Waals surface area contributed by atoms with E-state index in [1.54, 1.807) is 24.3 Å². The molecule has 0 spiro atoms. The van der Waals surface area contributed by atoms with Crippen LogP contribution in [0.5, 0.6) is 0 Å². The van der Waals surface area contributed by atoms with Gasteiger partial charge >= 0.3 is 0 Å². The van der Waals surface area contributed by atoms with Gasteiger partial charge in [-0.2, -0.15) is 8.42 Å². The molecule has 1 aromatic carbocycles. The third-order valence-corrected chi connectivity index (χ3v) is 7.57. The highest BCUT2D eigenvalue weighted by Gasteiger charge is 2.43. The molecular weight excluding hydrogens is 360 g/mol. The van der Waals surface area contributed by atoms with E-state index < -0.39 is 15.7 Å². The van der Waals surface area contributed by atoms with E-state index in [9.17, 15) is 13.5 Å². The fourth-order valence-electron chi connectivity index (χ4n) is 4.26. The van der Waals surface area contributed by atoms with Crippen LogP contribution in [0.3, 0.4) is 0 Å². The van der Waals surface area contributed by atoms with Crippen LogP contribution in [0.15, 0.2) is 41.3 Å². The summed E-state index contributed by atoms with van der Waals surface area (Å²) in [5, 5.41) is 10.4. The molecule has 0 saturated heterocycles. The van der Waals surface area contributed by atoms with Gasteiger partial charge in [0.05, 0.1) is 17.1 Å². The van der Waals surface area contributed by atoms with Crippen molar-refractivity contribution in [2.24, 2.45) is 17.3 Å². The van der Waals surface area contributed by atoms with Crippen molar-refractivity contribution in [3.8, 4) is 0 Å². The van der Waals surface area contributed by atoms with Crippen LogP contribution in [0.1, 0.15) is 58.9 Å². The molecule has 0 unspecified atom stereocenters. The van der Waals surface area contributed by atoms with Gasteiger partial charge in [-0.3, -0.25) is 4.18 Å². The second-order valence-electron chi connectivity index (χ2n) is 9.02. The lowest BCUT2D eigenvalue weighted by Gasteiger charge is -2.48. The second kappa shape index (κ2) is 8.06. The molecule has 2 rings (SSSR count). The van der Waals surface area contributed by atoms with Gasteiger partial charge in [-0.05, 0) is 82.8 Å². The van der Waals surface area contributed by atoms with Crippen molar-refractivity contribution >= 4 is 10.1 Å². The molecule has 3 atom stereocenters. The largest absolute Gasteiger partial charge is 0.390 e. The molecule has 0 amide bonds. The zero-order valence-corrected chi connectivity index (χ0v) is 18.1. The number of benzene rings is 1. The fourth-order valence-corrected chi connectivity index (χ4v) is 5.17. The summed E-state index contributed by atoms with van der Waals surface area (Å²) in [6.45, 7) is 14.2. The average molecular weight is 395 g/mol. The van der Waals surface area contributed by atoms with Crippen molar-refractivity contribution < 1.29 is 17.7 Å². The highest BCUT2D eigenvalue weighted by molar-refractivity contribution is 7.86. The summed E-state index contributed by atoms with van der Waals surface area (Å²) in [5.41, 5.74) is 1.32. The molecule has 0 aromatic heterocycles. The Labute approximate surface area is 164 Å². The van der Waals surface area contributed by atoms with Gasteiger partial charge < -0.3 is 5.11 Å². The van der Waals surface area contributed by atoms with Crippen molar-refractivity contribution in [3.63, 3.8) is 0 Å². The molecule has 0 aliphatic heterocycles. The Hall–Kier alpha value is -1.17. The summed E-state index contributed by atoms with van der Waals surface area (Å²) < 4.78 is 30.2. The summed E-state index contributed by atoms with van der Waals surface area (Å²) in [5.74, 6) is 0.470. The Morgan fingerprint density at radius 2 is 1.93 bits per heavy atom. The molecule has 0 heterocycles. The number of allylic oxidation sites excluding steroid dienone is 1. The molecule has 0 bridgehead atoms. The van der Waals surface area contributed by atoms with E-state index in [2.05, 4.69) is 13.5 Å². The lowest BCUT2D eigenvalue weighted by Crippen LogP contribution is -2.42. The van der Waals surface area contributed by atoms with Crippen LogP contribution in [0.4, 0.5) is 0 Å². The molecule has 4 nitrogen and oxygen atoms in total. The van der Waals surface area contributed by atoms with Crippen molar-refractivity contribution in [2.45, 2.75) is 70.8 Å². The summed E-state index contributed by atoms with van der Waals surface area (Å²) in [7, 11) is -3.74. The number of aryl methyl sites for hydroxylation is 1. The topological polar surface area (TPSA) is 63.6 Å². The maximum absolute atomic E-state index is 12.4. The molecule has 1 aliphatic carbocycles. The van der Waals surface area contributed by atoms with E-state index in [-0.39, 0.29) is 28.8 Å². The Bertz CT molecular complexity index is 758. The molecular formula is C22H34O4S. The Morgan fingerprint density at radius 1 is 1.33 bits per heavy atom. The summed E-state index contributed by atoms with van der Waals surface area (Å²) in [6.07, 6.45) is 3.37. The Morgan fingerprint density at radius 3 is 2.44 bits per heavy atom. The zero-order valence-electron chi connectivity index (χ0n) is 17.3. The number of aliphatic hydroxyl groups is 1. The third kappa shape index (κ3) is 5.43. The predicted molar refractivity (Wildman–Crippen MR) is 109 cm³/mol. The first-order valence-corrected chi connectivity index (χ1v) is 11.1. The van der Waals surface area contributed by atoms with Crippen molar-refractivity contribution in [3.05, 3.63) is 42.0 Å². The van der Waals surface area contributed by atoms with Crippen LogP contribution in [0.2, 0.25) is 0 Å². The first-order valence-electron chi connectivity index (χ1n) is 9.69. The van der Waals surface area contributed by atoms with Crippen LogP contribution >= 0.6 is 0 Å². The van der Waals surface area contributed by atoms with Crippen LogP contribution in [-0.4, -0.2) is 25.7 Å². The Kier molecular flexibility index (Phi) is 6.60. The number of hydrogen-bond acceptors (Lipinski definition) is 4. The maximum atomic E-state index is 12.4. The van der Waals surface area contributed by atoms with E-state index in [0.29, 0.717) is 6.42 Å².